The van der Waals surface area contributed by atoms with Crippen LogP contribution in [-0.4, -0.2) is 42.7 Å². The number of hydrogen-bond donors (Lipinski definition) is 0. The third-order valence-corrected chi connectivity index (χ3v) is 9.56. The van der Waals surface area contributed by atoms with Crippen molar-refractivity contribution in [1.82, 2.24) is 9.47 Å². The van der Waals surface area contributed by atoms with Crippen molar-refractivity contribution in [3.8, 4) is 17.2 Å². The van der Waals surface area contributed by atoms with Gasteiger partial charge in [-0.1, -0.05) is 59.9 Å². The molecule has 10 heteroatoms. The number of amides is 1. The number of carbonyl (C=O) groups is 1. The van der Waals surface area contributed by atoms with E-state index in [1.54, 1.807) is 73.1 Å². The van der Waals surface area contributed by atoms with E-state index in [0.717, 1.165) is 10.8 Å². The number of methoxy groups -OCH3 is 2. The van der Waals surface area contributed by atoms with Gasteiger partial charge in [0, 0.05) is 29.8 Å². The first kappa shape index (κ1) is 32.7. The van der Waals surface area contributed by atoms with Gasteiger partial charge in [-0.3, -0.25) is 14.2 Å². The summed E-state index contributed by atoms with van der Waals surface area (Å²) < 4.78 is 34.0. The molecule has 1 aliphatic rings. The lowest BCUT2D eigenvalue weighted by Gasteiger charge is -2.30. The van der Waals surface area contributed by atoms with Crippen molar-refractivity contribution in [2.45, 2.75) is 33.4 Å². The number of hydrogen-bond acceptors (Lipinski definition) is 7. The third-order valence-electron chi connectivity index (χ3n) is 8.58. The van der Waals surface area contributed by atoms with Crippen LogP contribution in [0, 0.1) is 5.82 Å². The van der Waals surface area contributed by atoms with Crippen LogP contribution in [0.3, 0.4) is 0 Å². The van der Waals surface area contributed by atoms with E-state index < -0.39 is 6.04 Å². The Hall–Kier alpha value is -5.22. The first-order valence-corrected chi connectivity index (χ1v) is 16.5. The van der Waals surface area contributed by atoms with E-state index in [1.165, 1.54) is 17.4 Å². The average Bonchev–Trinajstić information content (AvgIpc) is 3.41. The fourth-order valence-electron chi connectivity index (χ4n) is 6.08. The van der Waals surface area contributed by atoms with E-state index in [1.807, 2.05) is 50.2 Å². The van der Waals surface area contributed by atoms with Crippen molar-refractivity contribution in [3.63, 3.8) is 0 Å². The van der Waals surface area contributed by atoms with Gasteiger partial charge in [-0.25, -0.2) is 9.38 Å². The van der Waals surface area contributed by atoms with Gasteiger partial charge in [0.2, 0.25) is 0 Å². The van der Waals surface area contributed by atoms with E-state index in [-0.39, 0.29) is 23.9 Å². The monoisotopic (exact) mass is 665 g/mol. The fraction of sp³-hybridized carbons (Fsp3) is 0.237. The number of aromatic nitrogens is 1. The quantitative estimate of drug-likeness (QED) is 0.183. The Bertz CT molecular complexity index is 2240. The molecule has 0 radical (unpaired) electrons. The molecule has 1 atom stereocenters. The van der Waals surface area contributed by atoms with Crippen LogP contribution in [-0.2, 0) is 11.4 Å². The highest BCUT2D eigenvalue weighted by molar-refractivity contribution is 7.07. The van der Waals surface area contributed by atoms with Crippen molar-refractivity contribution in [1.29, 1.82) is 0 Å². The molecule has 0 bridgehead atoms. The summed E-state index contributed by atoms with van der Waals surface area (Å²) in [4.78, 5) is 35.7. The van der Waals surface area contributed by atoms with Crippen molar-refractivity contribution in [2.24, 2.45) is 4.99 Å². The highest BCUT2D eigenvalue weighted by Gasteiger charge is 2.36. The molecular weight excluding hydrogens is 629 g/mol. The summed E-state index contributed by atoms with van der Waals surface area (Å²) in [5, 5.41) is 1.82. The first-order chi connectivity index (χ1) is 23.3. The lowest BCUT2D eigenvalue weighted by atomic mass is 9.93. The average molecular weight is 666 g/mol. The highest BCUT2D eigenvalue weighted by Crippen LogP contribution is 2.38. The minimum atomic E-state index is -0.828. The Morgan fingerprint density at radius 1 is 0.979 bits per heavy atom. The maximum Gasteiger partial charge on any atom is 0.271 e. The first-order valence-electron chi connectivity index (χ1n) is 15.7. The van der Waals surface area contributed by atoms with Gasteiger partial charge in [0.15, 0.2) is 4.80 Å². The van der Waals surface area contributed by atoms with Crippen molar-refractivity contribution >= 4 is 34.1 Å². The van der Waals surface area contributed by atoms with E-state index >= 15 is 0 Å². The van der Waals surface area contributed by atoms with Crippen LogP contribution < -0.4 is 29.1 Å². The van der Waals surface area contributed by atoms with Gasteiger partial charge in [-0.2, -0.15) is 0 Å². The second-order valence-electron chi connectivity index (χ2n) is 11.2. The number of ether oxygens (including phenoxy) is 3. The predicted molar refractivity (Wildman–Crippen MR) is 186 cm³/mol. The van der Waals surface area contributed by atoms with Gasteiger partial charge in [0.25, 0.3) is 11.5 Å². The van der Waals surface area contributed by atoms with Crippen molar-refractivity contribution in [2.75, 3.05) is 27.3 Å². The molecule has 0 N–H and O–H groups in total. The number of allylic oxidation sites excluding steroid dienone is 1. The van der Waals surface area contributed by atoms with E-state index in [2.05, 4.69) is 0 Å². The van der Waals surface area contributed by atoms with E-state index in [9.17, 15) is 14.0 Å². The number of likely N-dealkylation sites (N-methyl/N-ethyl adjacent to an activating group) is 1. The molecule has 48 heavy (non-hydrogen) atoms. The van der Waals surface area contributed by atoms with Crippen LogP contribution in [0.5, 0.6) is 17.2 Å². The Balaban J connectivity index is 1.58. The molecule has 0 aliphatic carbocycles. The molecule has 1 aliphatic heterocycles. The fourth-order valence-corrected chi connectivity index (χ4v) is 7.10. The smallest absolute Gasteiger partial charge is 0.271 e. The van der Waals surface area contributed by atoms with Crippen LogP contribution in [0.1, 0.15) is 43.5 Å². The largest absolute Gasteiger partial charge is 0.497 e. The van der Waals surface area contributed by atoms with Gasteiger partial charge in [-0.15, -0.1) is 0 Å². The topological polar surface area (TPSA) is 82.4 Å². The zero-order valence-corrected chi connectivity index (χ0v) is 28.3. The normalized spacial score (nSPS) is 14.5. The number of carbonyl (C=O) groups excluding carboxylic acids is 1. The van der Waals surface area contributed by atoms with Gasteiger partial charge in [-0.05, 0) is 68.0 Å². The van der Waals surface area contributed by atoms with Crippen LogP contribution >= 0.6 is 11.3 Å². The maximum absolute atomic E-state index is 14.6. The van der Waals surface area contributed by atoms with Crippen molar-refractivity contribution in [3.05, 3.63) is 132 Å². The van der Waals surface area contributed by atoms with Gasteiger partial charge in [0.1, 0.15) is 35.7 Å². The molecule has 5 aromatic rings. The summed E-state index contributed by atoms with van der Waals surface area (Å²) in [6.07, 6.45) is 1.80. The zero-order chi connectivity index (χ0) is 33.9. The molecule has 4 aromatic carbocycles. The van der Waals surface area contributed by atoms with Gasteiger partial charge >= 0.3 is 0 Å². The number of rotatable bonds is 10. The van der Waals surface area contributed by atoms with Crippen LogP contribution in [0.4, 0.5) is 4.39 Å². The minimum absolute atomic E-state index is 0.0127. The molecule has 0 spiro atoms. The van der Waals surface area contributed by atoms with Crippen LogP contribution in [0.15, 0.2) is 99.9 Å². The number of halogens is 1. The van der Waals surface area contributed by atoms with Gasteiger partial charge < -0.3 is 19.1 Å². The predicted octanol–water partition coefficient (Wildman–Crippen LogP) is 5.99. The Morgan fingerprint density at radius 2 is 1.71 bits per heavy atom. The van der Waals surface area contributed by atoms with Crippen LogP contribution in [0.25, 0.3) is 16.8 Å². The summed E-state index contributed by atoms with van der Waals surface area (Å²) in [7, 11) is 3.12. The maximum atomic E-state index is 14.6. The summed E-state index contributed by atoms with van der Waals surface area (Å²) in [6.45, 7) is 6.64. The molecule has 0 saturated carbocycles. The van der Waals surface area contributed by atoms with Crippen molar-refractivity contribution < 1.29 is 23.4 Å². The van der Waals surface area contributed by atoms with Gasteiger partial charge in [0.05, 0.1) is 30.0 Å². The van der Waals surface area contributed by atoms with E-state index in [4.69, 9.17) is 19.2 Å². The lowest BCUT2D eigenvalue weighted by molar-refractivity contribution is -0.127. The van der Waals surface area contributed by atoms with Crippen LogP contribution in [0.2, 0.25) is 0 Å². The SMILES string of the molecule is CCN(CC)C(=O)C1=C(C)N=c2s/c(=C/c3c(OCc4ccccc4F)ccc4ccccc34)c(=O)n2[C@@H]1c1cc(OC)ccc1OC. The summed E-state index contributed by atoms with van der Waals surface area (Å²) in [5.74, 6) is 1.01. The zero-order valence-electron chi connectivity index (χ0n) is 27.5. The molecule has 8 nitrogen and oxygen atoms in total. The summed E-state index contributed by atoms with van der Waals surface area (Å²) in [5.41, 5.74) is 2.30. The molecule has 0 unspecified atom stereocenters. The van der Waals surface area contributed by atoms with E-state index in [0.29, 0.717) is 67.6 Å². The molecule has 1 amide bonds. The standard InChI is InChI=1S/C38H36FN3O5S/c1-6-41(7-2)37(44)34-23(3)40-38-42(35(34)29-20-26(45-4)17-19-31(29)46-5)36(43)33(48-38)21-28-27-14-10-8-12-24(27)16-18-32(28)47-22-25-13-9-11-15-30(25)39/h8-21,35H,6-7,22H2,1-5H3/b33-21+/t35-/m1/s1. The number of nitrogens with zero attached hydrogens (tertiary/aromatic N) is 3. The molecule has 6 rings (SSSR count). The second kappa shape index (κ2) is 13.9. The number of fused-ring (bicyclic) bond motifs is 2. The Morgan fingerprint density at radius 3 is 2.44 bits per heavy atom. The molecule has 1 aromatic heterocycles. The molecular formula is C38H36FN3O5S. The third kappa shape index (κ3) is 5.99. The molecule has 0 saturated heterocycles. The molecule has 0 fully saturated rings. The second-order valence-corrected chi connectivity index (χ2v) is 12.3. The minimum Gasteiger partial charge on any atom is -0.497 e. The number of thiazole rings is 1. The Labute approximate surface area is 281 Å². The lowest BCUT2D eigenvalue weighted by Crippen LogP contribution is -2.43. The Kier molecular flexibility index (Phi) is 9.45. The highest BCUT2D eigenvalue weighted by atomic mass is 32.1. The molecule has 2 heterocycles. The number of benzene rings is 4. The summed E-state index contributed by atoms with van der Waals surface area (Å²) in [6, 6.07) is 22.6. The summed E-state index contributed by atoms with van der Waals surface area (Å²) >= 11 is 1.23. The molecule has 246 valence electrons.